The number of nitrogens with one attached hydrogen (secondary N) is 1. The molecule has 130 valence electrons. The second-order valence-electron chi connectivity index (χ2n) is 5.30. The van der Waals surface area contributed by atoms with Crippen molar-refractivity contribution in [2.75, 3.05) is 6.61 Å². The zero-order valence-electron chi connectivity index (χ0n) is 13.0. The van der Waals surface area contributed by atoms with Crippen molar-refractivity contribution in [1.29, 1.82) is 0 Å². The minimum absolute atomic E-state index is 0.0518. The van der Waals surface area contributed by atoms with Gasteiger partial charge < -0.3 is 19.6 Å². The number of carbonyl (C=O) groups is 1. The molecule has 5 nitrogen and oxygen atoms in total. The van der Waals surface area contributed by atoms with E-state index in [0.29, 0.717) is 16.5 Å². The van der Waals surface area contributed by atoms with Crippen LogP contribution in [0.15, 0.2) is 59.2 Å². The number of aliphatic hydroxyl groups excluding tert-OH is 1. The molecule has 0 saturated carbocycles. The highest BCUT2D eigenvalue weighted by Gasteiger charge is 2.21. The zero-order valence-corrected chi connectivity index (χ0v) is 13.0. The van der Waals surface area contributed by atoms with Crippen molar-refractivity contribution in [2.45, 2.75) is 12.7 Å². The van der Waals surface area contributed by atoms with E-state index in [-0.39, 0.29) is 11.3 Å². The molecular weight excluding hydrogens is 332 g/mol. The highest BCUT2D eigenvalue weighted by atomic mass is 19.3. The second kappa shape index (κ2) is 7.31. The molecule has 1 aromatic heterocycles. The maximum absolute atomic E-state index is 12.7. The monoisotopic (exact) mass is 347 g/mol. The standard InChI is InChI=1S/C18H15F2NO4/c19-18(20)25-16-9-12-5-2-1-4-11(12)8-13(16)17(23)21-14(10-22)15-6-3-7-24-15/h1-9,14,18,22H,10H2,(H,21,23). The number of hydrogen-bond donors (Lipinski definition) is 2. The van der Waals surface area contributed by atoms with Crippen LogP contribution < -0.4 is 10.1 Å². The van der Waals surface area contributed by atoms with E-state index in [1.807, 2.05) is 0 Å². The molecule has 1 unspecified atom stereocenters. The lowest BCUT2D eigenvalue weighted by atomic mass is 10.0. The Bertz CT molecular complexity index is 865. The van der Waals surface area contributed by atoms with Crippen LogP contribution >= 0.6 is 0 Å². The molecule has 3 aromatic rings. The Morgan fingerprint density at radius 2 is 1.88 bits per heavy atom. The summed E-state index contributed by atoms with van der Waals surface area (Å²) in [5, 5.41) is 13.4. The third-order valence-corrected chi connectivity index (χ3v) is 3.68. The number of carbonyl (C=O) groups excluding carboxylic acids is 1. The highest BCUT2D eigenvalue weighted by Crippen LogP contribution is 2.28. The Morgan fingerprint density at radius 1 is 1.16 bits per heavy atom. The molecule has 0 spiro atoms. The van der Waals surface area contributed by atoms with Crippen LogP contribution in [-0.4, -0.2) is 24.2 Å². The van der Waals surface area contributed by atoms with E-state index < -0.39 is 25.2 Å². The number of hydrogen-bond acceptors (Lipinski definition) is 4. The zero-order chi connectivity index (χ0) is 17.8. The normalized spacial score (nSPS) is 12.3. The molecule has 2 aromatic carbocycles. The minimum atomic E-state index is -3.06. The SMILES string of the molecule is O=C(NC(CO)c1ccco1)c1cc2ccccc2cc1OC(F)F. The smallest absolute Gasteiger partial charge is 0.387 e. The van der Waals surface area contributed by atoms with Gasteiger partial charge in [0.15, 0.2) is 0 Å². The van der Waals surface area contributed by atoms with Gasteiger partial charge in [0.2, 0.25) is 0 Å². The van der Waals surface area contributed by atoms with Crippen LogP contribution in [0.25, 0.3) is 10.8 Å². The average molecular weight is 347 g/mol. The first kappa shape index (κ1) is 16.9. The van der Waals surface area contributed by atoms with E-state index in [2.05, 4.69) is 10.1 Å². The Balaban J connectivity index is 1.95. The summed E-state index contributed by atoms with van der Waals surface area (Å²) in [5.41, 5.74) is -0.0518. The molecule has 25 heavy (non-hydrogen) atoms. The first-order chi connectivity index (χ1) is 12.1. The van der Waals surface area contributed by atoms with Crippen molar-refractivity contribution < 1.29 is 27.8 Å². The van der Waals surface area contributed by atoms with Gasteiger partial charge in [0.05, 0.1) is 18.4 Å². The van der Waals surface area contributed by atoms with E-state index in [4.69, 9.17) is 4.42 Å². The molecule has 0 fully saturated rings. The minimum Gasteiger partial charge on any atom is -0.467 e. The van der Waals surface area contributed by atoms with Crippen LogP contribution in [0.1, 0.15) is 22.2 Å². The van der Waals surface area contributed by atoms with E-state index >= 15 is 0 Å². The number of aliphatic hydroxyl groups is 1. The maximum Gasteiger partial charge on any atom is 0.387 e. The summed E-state index contributed by atoms with van der Waals surface area (Å²) < 4.78 is 35.1. The van der Waals surface area contributed by atoms with Gasteiger partial charge in [-0.05, 0) is 35.0 Å². The molecule has 0 aliphatic rings. The molecule has 1 heterocycles. The highest BCUT2D eigenvalue weighted by molar-refractivity contribution is 6.01. The lowest BCUT2D eigenvalue weighted by Crippen LogP contribution is -2.31. The Morgan fingerprint density at radius 3 is 2.48 bits per heavy atom. The van der Waals surface area contributed by atoms with Crippen molar-refractivity contribution in [3.8, 4) is 5.75 Å². The molecule has 0 aliphatic carbocycles. The molecule has 7 heteroatoms. The van der Waals surface area contributed by atoms with Crippen LogP contribution in [-0.2, 0) is 0 Å². The quantitative estimate of drug-likeness (QED) is 0.716. The number of amides is 1. The Hall–Kier alpha value is -2.93. The summed E-state index contributed by atoms with van der Waals surface area (Å²) in [5.74, 6) is -0.535. The van der Waals surface area contributed by atoms with Crippen molar-refractivity contribution >= 4 is 16.7 Å². The van der Waals surface area contributed by atoms with Gasteiger partial charge in [-0.1, -0.05) is 24.3 Å². The fraction of sp³-hybridized carbons (Fsp3) is 0.167. The molecular formula is C18H15F2NO4. The van der Waals surface area contributed by atoms with Crippen LogP contribution in [0.4, 0.5) is 8.78 Å². The Labute approximate surface area is 141 Å². The van der Waals surface area contributed by atoms with Crippen molar-refractivity contribution in [1.82, 2.24) is 5.32 Å². The van der Waals surface area contributed by atoms with E-state index in [1.54, 1.807) is 36.4 Å². The molecule has 0 radical (unpaired) electrons. The number of benzene rings is 2. The van der Waals surface area contributed by atoms with E-state index in [0.717, 1.165) is 0 Å². The lowest BCUT2D eigenvalue weighted by Gasteiger charge is -2.16. The number of rotatable bonds is 6. The fourth-order valence-corrected chi connectivity index (χ4v) is 2.52. The third-order valence-electron chi connectivity index (χ3n) is 3.68. The lowest BCUT2D eigenvalue weighted by molar-refractivity contribution is -0.0500. The molecule has 0 saturated heterocycles. The summed E-state index contributed by atoms with van der Waals surface area (Å²) in [7, 11) is 0. The first-order valence-electron chi connectivity index (χ1n) is 7.51. The first-order valence-corrected chi connectivity index (χ1v) is 7.51. The van der Waals surface area contributed by atoms with Crippen LogP contribution in [0, 0.1) is 0 Å². The molecule has 3 rings (SSSR count). The van der Waals surface area contributed by atoms with Gasteiger partial charge in [-0.3, -0.25) is 4.79 Å². The Kier molecular flexibility index (Phi) is 4.95. The average Bonchev–Trinajstić information content (AvgIpc) is 3.12. The summed E-state index contributed by atoms with van der Waals surface area (Å²) in [6.07, 6.45) is 1.41. The largest absolute Gasteiger partial charge is 0.467 e. The van der Waals surface area contributed by atoms with Crippen molar-refractivity contribution in [3.63, 3.8) is 0 Å². The summed E-state index contributed by atoms with van der Waals surface area (Å²) in [6, 6.07) is 12.3. The van der Waals surface area contributed by atoms with Crippen LogP contribution in [0.3, 0.4) is 0 Å². The van der Waals surface area contributed by atoms with Crippen molar-refractivity contribution in [2.24, 2.45) is 0 Å². The molecule has 1 amide bonds. The van der Waals surface area contributed by atoms with Gasteiger partial charge in [0, 0.05) is 0 Å². The van der Waals surface area contributed by atoms with E-state index in [1.165, 1.54) is 18.4 Å². The van der Waals surface area contributed by atoms with Gasteiger partial charge in [-0.25, -0.2) is 0 Å². The second-order valence-corrected chi connectivity index (χ2v) is 5.30. The van der Waals surface area contributed by atoms with Crippen LogP contribution in [0.5, 0.6) is 5.75 Å². The van der Waals surface area contributed by atoms with Gasteiger partial charge in [-0.15, -0.1) is 0 Å². The predicted octanol–water partition coefficient (Wildman–Crippen LogP) is 3.50. The number of furan rings is 1. The molecule has 0 aliphatic heterocycles. The fourth-order valence-electron chi connectivity index (χ4n) is 2.52. The van der Waals surface area contributed by atoms with Crippen molar-refractivity contribution in [3.05, 3.63) is 66.1 Å². The van der Waals surface area contributed by atoms with Gasteiger partial charge >= 0.3 is 6.61 Å². The topological polar surface area (TPSA) is 71.7 Å². The van der Waals surface area contributed by atoms with Gasteiger partial charge in [0.1, 0.15) is 17.6 Å². The molecule has 2 N–H and O–H groups in total. The number of ether oxygens (including phenoxy) is 1. The number of halogens is 2. The van der Waals surface area contributed by atoms with E-state index in [9.17, 15) is 18.7 Å². The van der Waals surface area contributed by atoms with Crippen LogP contribution in [0.2, 0.25) is 0 Å². The van der Waals surface area contributed by atoms with Gasteiger partial charge in [-0.2, -0.15) is 8.78 Å². The maximum atomic E-state index is 12.7. The summed E-state index contributed by atoms with van der Waals surface area (Å²) in [4.78, 5) is 12.6. The molecule has 1 atom stereocenters. The molecule has 0 bridgehead atoms. The number of alkyl halides is 2. The number of fused-ring (bicyclic) bond motifs is 1. The van der Waals surface area contributed by atoms with Gasteiger partial charge in [0.25, 0.3) is 5.91 Å². The summed E-state index contributed by atoms with van der Waals surface area (Å²) in [6.45, 7) is -3.47. The third kappa shape index (κ3) is 3.77. The summed E-state index contributed by atoms with van der Waals surface area (Å²) >= 11 is 0. The predicted molar refractivity (Wildman–Crippen MR) is 86.6 cm³/mol.